The van der Waals surface area contributed by atoms with Crippen molar-refractivity contribution >= 4 is 28.5 Å². The van der Waals surface area contributed by atoms with E-state index in [1.54, 1.807) is 18.3 Å². The van der Waals surface area contributed by atoms with Crippen molar-refractivity contribution in [2.45, 2.75) is 12.7 Å². The van der Waals surface area contributed by atoms with E-state index in [-0.39, 0.29) is 23.9 Å². The van der Waals surface area contributed by atoms with Crippen LogP contribution in [0.4, 0.5) is 17.6 Å². The van der Waals surface area contributed by atoms with Crippen molar-refractivity contribution < 1.29 is 27.1 Å². The summed E-state index contributed by atoms with van der Waals surface area (Å²) < 4.78 is 56.7. The monoisotopic (exact) mass is 415 g/mol. The van der Waals surface area contributed by atoms with Crippen molar-refractivity contribution in [2.75, 3.05) is 13.2 Å². The maximum Gasteiger partial charge on any atom is 0.411 e. The fourth-order valence-corrected chi connectivity index (χ4v) is 2.83. The summed E-state index contributed by atoms with van der Waals surface area (Å²) in [5, 5.41) is 0.532. The Bertz CT molecular complexity index is 1030. The Hall–Kier alpha value is -2.65. The molecule has 0 radical (unpaired) electrons. The lowest BCUT2D eigenvalue weighted by Crippen LogP contribution is -2.19. The van der Waals surface area contributed by atoms with E-state index in [1.807, 2.05) is 0 Å². The minimum Gasteiger partial charge on any atom is -0.370 e. The minimum atomic E-state index is -4.43. The zero-order valence-corrected chi connectivity index (χ0v) is 15.0. The summed E-state index contributed by atoms with van der Waals surface area (Å²) in [5.41, 5.74) is 6.64. The first-order valence-corrected chi connectivity index (χ1v) is 8.43. The van der Waals surface area contributed by atoms with E-state index >= 15 is 0 Å². The van der Waals surface area contributed by atoms with E-state index in [0.29, 0.717) is 22.2 Å². The molecule has 0 atom stereocenters. The number of hydrogen-bond donors (Lipinski definition) is 1. The number of hydrogen-bond acceptors (Lipinski definition) is 3. The molecule has 5 nitrogen and oxygen atoms in total. The number of amides is 1. The van der Waals surface area contributed by atoms with Crippen LogP contribution in [0.2, 0.25) is 5.02 Å². The van der Waals surface area contributed by atoms with Crippen molar-refractivity contribution in [2.24, 2.45) is 5.73 Å². The number of benzene rings is 1. The molecule has 0 bridgehead atoms. The number of aromatic nitrogens is 2. The van der Waals surface area contributed by atoms with Crippen LogP contribution in [0.3, 0.4) is 0 Å². The van der Waals surface area contributed by atoms with Crippen LogP contribution in [-0.2, 0) is 11.3 Å². The molecule has 0 aliphatic carbocycles. The maximum atomic E-state index is 13.9. The summed E-state index contributed by atoms with van der Waals surface area (Å²) >= 11 is 5.72. The second-order valence-corrected chi connectivity index (χ2v) is 6.37. The van der Waals surface area contributed by atoms with Crippen LogP contribution >= 0.6 is 11.6 Å². The summed E-state index contributed by atoms with van der Waals surface area (Å²) in [4.78, 5) is 15.6. The molecule has 3 rings (SSSR count). The van der Waals surface area contributed by atoms with Crippen molar-refractivity contribution in [1.29, 1.82) is 0 Å². The van der Waals surface area contributed by atoms with E-state index in [0.717, 1.165) is 0 Å². The number of pyridine rings is 1. The molecule has 1 amide bonds. The first-order valence-electron chi connectivity index (χ1n) is 8.05. The average molecular weight is 416 g/mol. The van der Waals surface area contributed by atoms with Gasteiger partial charge in [-0.2, -0.15) is 13.2 Å². The normalized spacial score (nSPS) is 11.9. The van der Waals surface area contributed by atoms with Crippen LogP contribution in [0, 0.1) is 5.82 Å². The third kappa shape index (κ3) is 4.42. The van der Waals surface area contributed by atoms with E-state index in [9.17, 15) is 22.4 Å². The summed E-state index contributed by atoms with van der Waals surface area (Å²) in [5.74, 6) is -1.36. The molecule has 28 heavy (non-hydrogen) atoms. The van der Waals surface area contributed by atoms with Gasteiger partial charge in [0.05, 0.1) is 11.6 Å². The van der Waals surface area contributed by atoms with Gasteiger partial charge in [-0.05, 0) is 29.8 Å². The maximum absolute atomic E-state index is 13.9. The first-order chi connectivity index (χ1) is 13.2. The lowest BCUT2D eigenvalue weighted by molar-refractivity contribution is -0.174. The number of nitrogens with two attached hydrogens (primary N) is 1. The Morgan fingerprint density at radius 1 is 1.25 bits per heavy atom. The number of halogens is 5. The number of nitrogens with zero attached hydrogens (tertiary/aromatic N) is 2. The molecule has 0 unspecified atom stereocenters. The SMILES string of the molecule is NC(=O)c1ccc2c(-c3ccc(Cl)c(F)c3)cn(CCOCC(F)(F)F)c2n1. The number of alkyl halides is 3. The smallest absolute Gasteiger partial charge is 0.370 e. The fraction of sp³-hybridized carbons (Fsp3) is 0.222. The molecular formula is C18H14ClF4N3O2. The van der Waals surface area contributed by atoms with Crippen LogP contribution in [0.15, 0.2) is 36.5 Å². The number of ether oxygens (including phenoxy) is 1. The van der Waals surface area contributed by atoms with Crippen LogP contribution in [0.1, 0.15) is 10.5 Å². The van der Waals surface area contributed by atoms with Gasteiger partial charge in [0.25, 0.3) is 5.91 Å². The van der Waals surface area contributed by atoms with Gasteiger partial charge in [0.2, 0.25) is 0 Å². The predicted molar refractivity (Wildman–Crippen MR) is 95.5 cm³/mol. The highest BCUT2D eigenvalue weighted by atomic mass is 35.5. The summed E-state index contributed by atoms with van der Waals surface area (Å²) in [6.45, 7) is -1.57. The molecule has 1 aromatic carbocycles. The number of carbonyl (C=O) groups excluding carboxylic acids is 1. The van der Waals surface area contributed by atoms with Gasteiger partial charge in [0.1, 0.15) is 23.8 Å². The first kappa shape index (κ1) is 20.1. The second kappa shape index (κ2) is 7.76. The minimum absolute atomic E-state index is 0.00287. The van der Waals surface area contributed by atoms with Gasteiger partial charge >= 0.3 is 6.18 Å². The van der Waals surface area contributed by atoms with E-state index in [2.05, 4.69) is 9.72 Å². The van der Waals surface area contributed by atoms with Gasteiger partial charge in [-0.1, -0.05) is 17.7 Å². The van der Waals surface area contributed by atoms with Crippen molar-refractivity contribution in [3.8, 4) is 11.1 Å². The largest absolute Gasteiger partial charge is 0.411 e. The standard InChI is InChI=1S/C18H14ClF4N3O2/c19-13-3-1-10(7-14(13)20)12-8-26(5-6-28-9-18(21,22)23)17-11(12)2-4-15(25-17)16(24)27/h1-4,7-8H,5-6,9H2,(H2,24,27). The predicted octanol–water partition coefficient (Wildman–Crippen LogP) is 4.17. The highest BCUT2D eigenvalue weighted by Crippen LogP contribution is 2.32. The van der Waals surface area contributed by atoms with Gasteiger partial charge in [-0.15, -0.1) is 0 Å². The fourth-order valence-electron chi connectivity index (χ4n) is 2.72. The van der Waals surface area contributed by atoms with Gasteiger partial charge in [0.15, 0.2) is 0 Å². The lowest BCUT2D eigenvalue weighted by Gasteiger charge is -2.08. The molecular weight excluding hydrogens is 402 g/mol. The quantitative estimate of drug-likeness (QED) is 0.485. The van der Waals surface area contributed by atoms with Crippen LogP contribution in [0.25, 0.3) is 22.2 Å². The van der Waals surface area contributed by atoms with Crippen LogP contribution < -0.4 is 5.73 Å². The molecule has 2 aromatic heterocycles. The molecule has 10 heteroatoms. The van der Waals surface area contributed by atoms with E-state index in [4.69, 9.17) is 17.3 Å². The Morgan fingerprint density at radius 2 is 2.00 bits per heavy atom. The molecule has 2 N–H and O–H groups in total. The van der Waals surface area contributed by atoms with Gasteiger partial charge in [-0.25, -0.2) is 9.37 Å². The Kier molecular flexibility index (Phi) is 5.57. The van der Waals surface area contributed by atoms with E-state index < -0.39 is 24.5 Å². The Labute approximate surface area is 161 Å². The Morgan fingerprint density at radius 3 is 2.64 bits per heavy atom. The van der Waals surface area contributed by atoms with Crippen molar-refractivity contribution in [3.63, 3.8) is 0 Å². The van der Waals surface area contributed by atoms with Crippen LogP contribution in [0.5, 0.6) is 0 Å². The topological polar surface area (TPSA) is 70.1 Å². The summed E-state index contributed by atoms with van der Waals surface area (Å²) in [6.07, 6.45) is -2.83. The third-order valence-electron chi connectivity index (χ3n) is 3.95. The third-order valence-corrected chi connectivity index (χ3v) is 4.25. The Balaban J connectivity index is 2.00. The van der Waals surface area contributed by atoms with Gasteiger partial charge in [0, 0.05) is 23.7 Å². The average Bonchev–Trinajstić information content (AvgIpc) is 2.98. The molecule has 0 fully saturated rings. The lowest BCUT2D eigenvalue weighted by atomic mass is 10.1. The van der Waals surface area contributed by atoms with Gasteiger partial charge in [-0.3, -0.25) is 4.79 Å². The van der Waals surface area contributed by atoms with Crippen molar-refractivity contribution in [3.05, 3.63) is 53.1 Å². The summed E-state index contributed by atoms with van der Waals surface area (Å²) in [7, 11) is 0. The zero-order chi connectivity index (χ0) is 20.5. The number of primary amides is 1. The highest BCUT2D eigenvalue weighted by Gasteiger charge is 2.27. The number of fused-ring (bicyclic) bond motifs is 1. The molecule has 3 aromatic rings. The molecule has 148 valence electrons. The summed E-state index contributed by atoms with van der Waals surface area (Å²) in [6, 6.07) is 7.26. The van der Waals surface area contributed by atoms with Crippen LogP contribution in [-0.4, -0.2) is 34.8 Å². The number of carbonyl (C=O) groups is 1. The molecule has 0 saturated heterocycles. The molecule has 0 spiro atoms. The molecule has 2 heterocycles. The molecule has 0 aliphatic rings. The molecule has 0 saturated carbocycles. The highest BCUT2D eigenvalue weighted by molar-refractivity contribution is 6.30. The van der Waals surface area contributed by atoms with Crippen molar-refractivity contribution in [1.82, 2.24) is 9.55 Å². The second-order valence-electron chi connectivity index (χ2n) is 5.96. The van der Waals surface area contributed by atoms with E-state index in [1.165, 1.54) is 22.8 Å². The number of rotatable bonds is 6. The zero-order valence-electron chi connectivity index (χ0n) is 14.3. The van der Waals surface area contributed by atoms with Gasteiger partial charge < -0.3 is 15.0 Å². The molecule has 0 aliphatic heterocycles.